The largest absolute Gasteiger partial charge is 0.421 e. The van der Waals surface area contributed by atoms with E-state index in [1.54, 1.807) is 11.8 Å². The number of hydrogen-bond donors (Lipinski definition) is 0. The zero-order valence-corrected chi connectivity index (χ0v) is 17.1. The number of carbonyl (C=O) groups excluding carboxylic acids is 2. The first kappa shape index (κ1) is 19.1. The lowest BCUT2D eigenvalue weighted by Crippen LogP contribution is -2.51. The molecule has 4 heterocycles. The topological polar surface area (TPSA) is 81.6 Å². The van der Waals surface area contributed by atoms with Crippen LogP contribution >= 0.6 is 23.5 Å². The summed E-state index contributed by atoms with van der Waals surface area (Å²) < 4.78 is 19.8. The van der Waals surface area contributed by atoms with Crippen molar-refractivity contribution in [2.24, 2.45) is 5.92 Å². The van der Waals surface area contributed by atoms with E-state index in [4.69, 9.17) is 9.47 Å². The maximum Gasteiger partial charge on any atom is 0.421 e. The summed E-state index contributed by atoms with van der Waals surface area (Å²) in [5.74, 6) is -1.19. The number of fused-ring (bicyclic) bond motifs is 3. The van der Waals surface area contributed by atoms with Gasteiger partial charge in [0.1, 0.15) is 5.03 Å². The number of ether oxygens (including phenoxy) is 2. The molecule has 3 unspecified atom stereocenters. The van der Waals surface area contributed by atoms with Crippen LogP contribution in [0.15, 0.2) is 5.03 Å². The van der Waals surface area contributed by atoms with E-state index in [2.05, 4.69) is 15.7 Å². The quantitative estimate of drug-likeness (QED) is 0.279. The third-order valence-corrected chi connectivity index (χ3v) is 7.47. The fourth-order valence-electron chi connectivity index (χ4n) is 4.29. The number of rotatable bonds is 8. The van der Waals surface area contributed by atoms with Crippen LogP contribution in [0.4, 0.5) is 0 Å². The van der Waals surface area contributed by atoms with Crippen LogP contribution in [0.1, 0.15) is 63.5 Å². The number of aromatic nitrogens is 2. The van der Waals surface area contributed by atoms with Gasteiger partial charge in [-0.1, -0.05) is 32.6 Å². The van der Waals surface area contributed by atoms with Crippen LogP contribution in [0.25, 0.3) is 0 Å². The van der Waals surface area contributed by atoms with Gasteiger partial charge in [-0.05, 0) is 24.5 Å². The second-order valence-electron chi connectivity index (χ2n) is 7.52. The average Bonchev–Trinajstić information content (AvgIpc) is 3.32. The zero-order valence-electron chi connectivity index (χ0n) is 15.5. The number of unbranched alkanes of at least 4 members (excludes halogenated alkanes) is 4. The fraction of sp³-hybridized carbons (Fsp3) is 0.778. The third-order valence-electron chi connectivity index (χ3n) is 5.74. The number of esters is 2. The second kappa shape index (κ2) is 8.05. The number of hydrogen-bond acceptors (Lipinski definition) is 9. The van der Waals surface area contributed by atoms with Crippen molar-refractivity contribution >= 4 is 35.4 Å². The molecule has 4 rings (SSSR count). The number of nitrogens with zero attached hydrogens (tertiary/aromatic N) is 3. The van der Waals surface area contributed by atoms with Crippen LogP contribution in [-0.2, 0) is 19.1 Å². The molecule has 2 bridgehead atoms. The van der Waals surface area contributed by atoms with E-state index in [1.807, 2.05) is 4.90 Å². The highest BCUT2D eigenvalue weighted by molar-refractivity contribution is 7.99. The van der Waals surface area contributed by atoms with Crippen molar-refractivity contribution in [3.63, 3.8) is 0 Å². The van der Waals surface area contributed by atoms with Crippen molar-refractivity contribution < 1.29 is 19.1 Å². The molecule has 27 heavy (non-hydrogen) atoms. The Hall–Kier alpha value is -1.19. The molecular weight excluding hydrogens is 386 g/mol. The molecule has 0 radical (unpaired) electrons. The third kappa shape index (κ3) is 3.73. The van der Waals surface area contributed by atoms with Gasteiger partial charge in [0.25, 0.3) is 0 Å². The van der Waals surface area contributed by atoms with Crippen molar-refractivity contribution in [2.45, 2.75) is 68.7 Å². The Morgan fingerprint density at radius 3 is 2.70 bits per heavy atom. The fourth-order valence-corrected chi connectivity index (χ4v) is 6.06. The Morgan fingerprint density at radius 2 is 1.93 bits per heavy atom. The summed E-state index contributed by atoms with van der Waals surface area (Å²) in [7, 11) is 0. The van der Waals surface area contributed by atoms with E-state index in [0.29, 0.717) is 18.9 Å². The van der Waals surface area contributed by atoms with E-state index in [9.17, 15) is 9.59 Å². The standard InChI is InChI=1S/C18H25N3O4S2/c1-2-3-4-5-6-9-26-15-14(19-27-20-15)13-11-21-10-12(13)7-8-18(21)24-16(22)17(23)25-18/h12-13H,2-11H2,1H3. The normalized spacial score (nSPS) is 28.6. The molecule has 0 aliphatic carbocycles. The highest BCUT2D eigenvalue weighted by Gasteiger charge is 2.59. The van der Waals surface area contributed by atoms with Crippen LogP contribution in [0, 0.1) is 5.92 Å². The van der Waals surface area contributed by atoms with Crippen LogP contribution < -0.4 is 0 Å². The Bertz CT molecular complexity index is 695. The lowest BCUT2D eigenvalue weighted by Gasteiger charge is -2.37. The molecule has 9 heteroatoms. The molecule has 148 valence electrons. The molecule has 1 spiro atoms. The summed E-state index contributed by atoms with van der Waals surface area (Å²) in [5.41, 5.74) is 1.07. The van der Waals surface area contributed by atoms with Gasteiger partial charge in [0.15, 0.2) is 0 Å². The molecule has 0 amide bonds. The van der Waals surface area contributed by atoms with Crippen LogP contribution in [0.3, 0.4) is 0 Å². The van der Waals surface area contributed by atoms with Crippen LogP contribution in [-0.4, -0.2) is 50.3 Å². The predicted octanol–water partition coefficient (Wildman–Crippen LogP) is 3.16. The molecule has 0 saturated carbocycles. The number of carbonyl (C=O) groups is 2. The van der Waals surface area contributed by atoms with Gasteiger partial charge in [-0.3, -0.25) is 0 Å². The van der Waals surface area contributed by atoms with Crippen molar-refractivity contribution in [2.75, 3.05) is 18.8 Å². The van der Waals surface area contributed by atoms with Gasteiger partial charge in [0, 0.05) is 25.4 Å². The average molecular weight is 412 g/mol. The van der Waals surface area contributed by atoms with E-state index >= 15 is 0 Å². The predicted molar refractivity (Wildman–Crippen MR) is 101 cm³/mol. The summed E-state index contributed by atoms with van der Waals surface area (Å²) in [6.07, 6.45) is 7.73. The van der Waals surface area contributed by atoms with Gasteiger partial charge < -0.3 is 9.47 Å². The lowest BCUT2D eigenvalue weighted by molar-refractivity contribution is -0.257. The van der Waals surface area contributed by atoms with Crippen molar-refractivity contribution in [1.82, 2.24) is 13.6 Å². The number of piperidine rings is 1. The summed E-state index contributed by atoms with van der Waals surface area (Å²) in [5, 5.41) is 1.05. The molecular formula is C18H25N3O4S2. The molecule has 0 aromatic carbocycles. The van der Waals surface area contributed by atoms with Gasteiger partial charge in [0.05, 0.1) is 17.4 Å². The van der Waals surface area contributed by atoms with E-state index in [1.165, 1.54) is 43.8 Å². The molecule has 1 aromatic heterocycles. The van der Waals surface area contributed by atoms with Gasteiger partial charge in [0.2, 0.25) is 0 Å². The summed E-state index contributed by atoms with van der Waals surface area (Å²) >= 11 is 3.08. The highest BCUT2D eigenvalue weighted by Crippen LogP contribution is 2.48. The molecule has 1 aromatic rings. The second-order valence-corrected chi connectivity index (χ2v) is 9.13. The maximum absolute atomic E-state index is 11.6. The smallest absolute Gasteiger partial charge is 0.400 e. The van der Waals surface area contributed by atoms with Gasteiger partial charge in [-0.15, -0.1) is 11.8 Å². The van der Waals surface area contributed by atoms with E-state index < -0.39 is 17.8 Å². The monoisotopic (exact) mass is 411 g/mol. The van der Waals surface area contributed by atoms with Gasteiger partial charge >= 0.3 is 17.8 Å². The lowest BCUT2D eigenvalue weighted by atomic mass is 9.88. The molecule has 3 aliphatic heterocycles. The first-order valence-corrected chi connectivity index (χ1v) is 11.5. The molecule has 7 nitrogen and oxygen atoms in total. The SMILES string of the molecule is CCCCCCCSc1nsnc1C1CN2CC1CCC21OC(=O)C(=O)O1. The van der Waals surface area contributed by atoms with Gasteiger partial charge in [-0.2, -0.15) is 8.75 Å². The van der Waals surface area contributed by atoms with Crippen molar-refractivity contribution in [3.05, 3.63) is 5.69 Å². The zero-order chi connectivity index (χ0) is 18.9. The maximum atomic E-state index is 11.6. The first-order valence-electron chi connectivity index (χ1n) is 9.79. The first-order chi connectivity index (χ1) is 13.1. The Morgan fingerprint density at radius 1 is 1.15 bits per heavy atom. The minimum absolute atomic E-state index is 0.253. The molecule has 3 saturated heterocycles. The van der Waals surface area contributed by atoms with Crippen molar-refractivity contribution in [3.8, 4) is 0 Å². The summed E-state index contributed by atoms with van der Waals surface area (Å²) in [6, 6.07) is 0. The Kier molecular flexibility index (Phi) is 5.70. The van der Waals surface area contributed by atoms with Gasteiger partial charge in [-0.25, -0.2) is 14.5 Å². The minimum Gasteiger partial charge on any atom is -0.400 e. The van der Waals surface area contributed by atoms with Crippen LogP contribution in [0.2, 0.25) is 0 Å². The van der Waals surface area contributed by atoms with Crippen LogP contribution in [0.5, 0.6) is 0 Å². The molecule has 3 aliphatic rings. The Labute approximate surface area is 167 Å². The van der Waals surface area contributed by atoms with Crippen molar-refractivity contribution in [1.29, 1.82) is 0 Å². The number of thioether (sulfide) groups is 1. The summed E-state index contributed by atoms with van der Waals surface area (Å²) in [4.78, 5) is 25.1. The molecule has 0 N–H and O–H groups in total. The highest BCUT2D eigenvalue weighted by atomic mass is 32.2. The summed E-state index contributed by atoms with van der Waals surface area (Å²) in [6.45, 7) is 3.66. The van der Waals surface area contributed by atoms with E-state index in [-0.39, 0.29) is 5.92 Å². The molecule has 3 fully saturated rings. The van der Waals surface area contributed by atoms with E-state index in [0.717, 1.165) is 29.4 Å². The Balaban J connectivity index is 1.38. The minimum atomic E-state index is -1.19. The molecule has 3 atom stereocenters.